The Morgan fingerprint density at radius 1 is 0.882 bits per heavy atom. The fourth-order valence-electron chi connectivity index (χ4n) is 6.57. The number of carboxylic acid groups (broad SMARTS) is 1. The normalized spacial score (nSPS) is 13.4. The van der Waals surface area contributed by atoms with Gasteiger partial charge in [0.25, 0.3) is 0 Å². The zero-order chi connectivity index (χ0) is 36.7. The van der Waals surface area contributed by atoms with Crippen LogP contribution in [0.4, 0.5) is 4.79 Å². The first-order valence-corrected chi connectivity index (χ1v) is 17.2. The van der Waals surface area contributed by atoms with Crippen LogP contribution in [-0.4, -0.2) is 75.9 Å². The SMILES string of the molecule is COc1ccccc1CN(C)C(=O)C(Cc1ccc2ccccc2c1)N(C(=O)OC(C)(C)C)C(C)N[C@H](CC(=O)O)Cc1c[nH]c2ccccc12. The van der Waals surface area contributed by atoms with Gasteiger partial charge in [0.2, 0.25) is 5.91 Å². The molecule has 0 radical (unpaired) electrons. The van der Waals surface area contributed by atoms with E-state index in [9.17, 15) is 19.5 Å². The number of H-pyrrole nitrogens is 1. The molecular formula is C41H48N4O6. The van der Waals surface area contributed by atoms with Gasteiger partial charge < -0.3 is 24.5 Å². The van der Waals surface area contributed by atoms with Gasteiger partial charge in [-0.05, 0) is 68.1 Å². The average Bonchev–Trinajstić information content (AvgIpc) is 3.49. The number of fused-ring (bicyclic) bond motifs is 2. The number of carbonyl (C=O) groups is 3. The summed E-state index contributed by atoms with van der Waals surface area (Å²) in [6.07, 6.45) is 0.758. The number of amides is 2. The van der Waals surface area contributed by atoms with E-state index in [0.717, 1.165) is 38.4 Å². The molecule has 268 valence electrons. The highest BCUT2D eigenvalue weighted by Crippen LogP contribution is 2.25. The van der Waals surface area contributed by atoms with E-state index in [4.69, 9.17) is 9.47 Å². The summed E-state index contributed by atoms with van der Waals surface area (Å²) in [6.45, 7) is 7.34. The van der Waals surface area contributed by atoms with Gasteiger partial charge in [-0.3, -0.25) is 19.8 Å². The van der Waals surface area contributed by atoms with Gasteiger partial charge in [0.1, 0.15) is 17.4 Å². The van der Waals surface area contributed by atoms with Crippen LogP contribution in [0.2, 0.25) is 0 Å². The number of para-hydroxylation sites is 2. The summed E-state index contributed by atoms with van der Waals surface area (Å²) in [5.41, 5.74) is 2.71. The van der Waals surface area contributed by atoms with Gasteiger partial charge in [-0.1, -0.05) is 78.9 Å². The molecule has 0 spiro atoms. The minimum absolute atomic E-state index is 0.192. The molecule has 3 atom stereocenters. The zero-order valence-electron chi connectivity index (χ0n) is 30.2. The second-order valence-electron chi connectivity index (χ2n) is 14.0. The molecule has 5 aromatic rings. The lowest BCUT2D eigenvalue weighted by atomic mass is 9.99. The minimum atomic E-state index is -1.01. The number of aliphatic carboxylic acids is 1. The first-order valence-electron chi connectivity index (χ1n) is 17.2. The molecule has 1 heterocycles. The Morgan fingerprint density at radius 2 is 1.57 bits per heavy atom. The van der Waals surface area contributed by atoms with Crippen molar-refractivity contribution in [1.29, 1.82) is 0 Å². The van der Waals surface area contributed by atoms with Crippen LogP contribution in [0.5, 0.6) is 5.75 Å². The summed E-state index contributed by atoms with van der Waals surface area (Å²) in [5, 5.41) is 16.4. The Labute approximate surface area is 299 Å². The maximum Gasteiger partial charge on any atom is 0.412 e. The quantitative estimate of drug-likeness (QED) is 0.106. The lowest BCUT2D eigenvalue weighted by Crippen LogP contribution is -2.60. The van der Waals surface area contributed by atoms with Gasteiger partial charge in [0, 0.05) is 48.7 Å². The Kier molecular flexibility index (Phi) is 11.7. The fraction of sp³-hybridized carbons (Fsp3) is 0.341. The number of carboxylic acids is 1. The zero-order valence-corrected chi connectivity index (χ0v) is 30.2. The van der Waals surface area contributed by atoms with Crippen LogP contribution in [0, 0.1) is 0 Å². The number of methoxy groups -OCH3 is 1. The first kappa shape index (κ1) is 36.9. The molecule has 0 bridgehead atoms. The number of nitrogens with zero attached hydrogens (tertiary/aromatic N) is 2. The maximum absolute atomic E-state index is 14.7. The molecule has 2 unspecified atom stereocenters. The van der Waals surface area contributed by atoms with Crippen LogP contribution in [-0.2, 0) is 33.7 Å². The predicted octanol–water partition coefficient (Wildman–Crippen LogP) is 7.16. The number of rotatable bonds is 14. The molecule has 1 aromatic heterocycles. The molecule has 51 heavy (non-hydrogen) atoms. The van der Waals surface area contributed by atoms with E-state index in [1.165, 1.54) is 4.90 Å². The van der Waals surface area contributed by atoms with Gasteiger partial charge >= 0.3 is 12.1 Å². The van der Waals surface area contributed by atoms with E-state index in [-0.39, 0.29) is 25.3 Å². The Hall–Kier alpha value is -5.35. The number of likely N-dealkylation sites (N-methyl/N-ethyl adjacent to an activating group) is 1. The van der Waals surface area contributed by atoms with E-state index < -0.39 is 35.9 Å². The summed E-state index contributed by atoms with van der Waals surface area (Å²) < 4.78 is 11.5. The third-order valence-electron chi connectivity index (χ3n) is 8.90. The topological polar surface area (TPSA) is 124 Å². The van der Waals surface area contributed by atoms with Crippen LogP contribution in [0.15, 0.2) is 97.2 Å². The van der Waals surface area contributed by atoms with Crippen molar-refractivity contribution in [2.45, 2.75) is 77.4 Å². The molecule has 0 saturated carbocycles. The van der Waals surface area contributed by atoms with Crippen molar-refractivity contribution in [2.24, 2.45) is 0 Å². The summed E-state index contributed by atoms with van der Waals surface area (Å²) in [4.78, 5) is 47.4. The van der Waals surface area contributed by atoms with Crippen molar-refractivity contribution in [2.75, 3.05) is 14.2 Å². The molecule has 2 amide bonds. The van der Waals surface area contributed by atoms with Crippen molar-refractivity contribution < 1.29 is 29.0 Å². The van der Waals surface area contributed by atoms with E-state index >= 15 is 0 Å². The number of hydrogen-bond acceptors (Lipinski definition) is 6. The molecule has 4 aromatic carbocycles. The molecule has 3 N–H and O–H groups in total. The minimum Gasteiger partial charge on any atom is -0.496 e. The number of benzene rings is 4. The largest absolute Gasteiger partial charge is 0.496 e. The molecule has 0 fully saturated rings. The first-order chi connectivity index (χ1) is 24.3. The molecule has 0 aliphatic heterocycles. The summed E-state index contributed by atoms with van der Waals surface area (Å²) in [7, 11) is 3.29. The van der Waals surface area contributed by atoms with Crippen LogP contribution >= 0.6 is 0 Å². The van der Waals surface area contributed by atoms with Gasteiger partial charge in [-0.15, -0.1) is 0 Å². The van der Waals surface area contributed by atoms with Gasteiger partial charge in [0.15, 0.2) is 0 Å². The van der Waals surface area contributed by atoms with Crippen LogP contribution in [0.3, 0.4) is 0 Å². The van der Waals surface area contributed by atoms with E-state index in [1.807, 2.05) is 97.2 Å². The highest BCUT2D eigenvalue weighted by Gasteiger charge is 2.39. The van der Waals surface area contributed by atoms with Crippen molar-refractivity contribution in [1.82, 2.24) is 20.1 Å². The highest BCUT2D eigenvalue weighted by molar-refractivity contribution is 5.87. The predicted molar refractivity (Wildman–Crippen MR) is 200 cm³/mol. The number of hydrogen-bond donors (Lipinski definition) is 3. The molecule has 5 rings (SSSR count). The standard InChI is InChI=1S/C41H48N4O6/c1-27(43-33(24-38(46)47)23-32-25-42-35-17-11-10-16-34(32)35)45(40(49)51-41(2,3)4)36(22-28-19-20-29-13-7-8-14-30(29)21-28)39(48)44(5)26-31-15-9-12-18-37(31)50-6/h7-21,25,27,33,36,42-43H,22-24,26H2,1-6H3,(H,46,47)/t27?,33-,36?/m0/s1. The van der Waals surface area contributed by atoms with E-state index in [2.05, 4.69) is 10.3 Å². The number of aromatic nitrogens is 1. The van der Waals surface area contributed by atoms with E-state index in [0.29, 0.717) is 12.2 Å². The summed E-state index contributed by atoms with van der Waals surface area (Å²) >= 11 is 0. The van der Waals surface area contributed by atoms with Crippen LogP contribution in [0.1, 0.15) is 50.8 Å². The molecule has 0 aliphatic carbocycles. The van der Waals surface area contributed by atoms with E-state index in [1.54, 1.807) is 46.8 Å². The number of aromatic amines is 1. The number of carbonyl (C=O) groups excluding carboxylic acids is 2. The average molecular weight is 693 g/mol. The third-order valence-corrected chi connectivity index (χ3v) is 8.90. The van der Waals surface area contributed by atoms with Crippen molar-refractivity contribution in [3.05, 3.63) is 114 Å². The summed E-state index contributed by atoms with van der Waals surface area (Å²) in [6, 6.07) is 27.7. The molecule has 0 saturated heterocycles. The van der Waals surface area contributed by atoms with Crippen molar-refractivity contribution in [3.8, 4) is 5.75 Å². The van der Waals surface area contributed by atoms with Gasteiger partial charge in [-0.25, -0.2) is 4.79 Å². The van der Waals surface area contributed by atoms with Crippen LogP contribution < -0.4 is 10.1 Å². The molecular weight excluding hydrogens is 644 g/mol. The highest BCUT2D eigenvalue weighted by atomic mass is 16.6. The third kappa shape index (κ3) is 9.46. The maximum atomic E-state index is 14.7. The molecule has 10 heteroatoms. The van der Waals surface area contributed by atoms with Crippen molar-refractivity contribution in [3.63, 3.8) is 0 Å². The smallest absolute Gasteiger partial charge is 0.412 e. The lowest BCUT2D eigenvalue weighted by Gasteiger charge is -2.40. The summed E-state index contributed by atoms with van der Waals surface area (Å²) in [5.74, 6) is -0.639. The Bertz CT molecular complexity index is 1980. The Morgan fingerprint density at radius 3 is 2.29 bits per heavy atom. The number of ether oxygens (including phenoxy) is 2. The fourth-order valence-corrected chi connectivity index (χ4v) is 6.57. The molecule has 0 aliphatic rings. The van der Waals surface area contributed by atoms with Crippen molar-refractivity contribution >= 4 is 39.6 Å². The number of nitrogens with one attached hydrogen (secondary N) is 2. The monoisotopic (exact) mass is 692 g/mol. The lowest BCUT2D eigenvalue weighted by molar-refractivity contribution is -0.139. The second kappa shape index (κ2) is 16.1. The van der Waals surface area contributed by atoms with Crippen LogP contribution in [0.25, 0.3) is 21.7 Å². The second-order valence-corrected chi connectivity index (χ2v) is 14.0. The van der Waals surface area contributed by atoms with Gasteiger partial charge in [-0.2, -0.15) is 0 Å². The molecule has 10 nitrogen and oxygen atoms in total. The Balaban J connectivity index is 1.53. The van der Waals surface area contributed by atoms with Gasteiger partial charge in [0.05, 0.1) is 19.7 Å².